The van der Waals surface area contributed by atoms with E-state index < -0.39 is 24.0 Å². The quantitative estimate of drug-likeness (QED) is 0.383. The van der Waals surface area contributed by atoms with Gasteiger partial charge in [0.25, 0.3) is 0 Å². The normalized spacial score (nSPS) is 13.8. The lowest BCUT2D eigenvalue weighted by Crippen LogP contribution is -2.38. The molecule has 146 valence electrons. The van der Waals surface area contributed by atoms with Crippen LogP contribution in [0, 0.1) is 0 Å². The summed E-state index contributed by atoms with van der Waals surface area (Å²) in [5, 5.41) is -0.918. The average Bonchev–Trinajstić information content (AvgIpc) is 2.52. The van der Waals surface area contributed by atoms with Crippen LogP contribution in [-0.2, 0) is 9.53 Å². The Bertz CT molecular complexity index is 613. The molecule has 0 aromatic heterocycles. The lowest BCUT2D eigenvalue weighted by Gasteiger charge is -2.28. The summed E-state index contributed by atoms with van der Waals surface area (Å²) in [4.78, 5) is 13.3. The summed E-state index contributed by atoms with van der Waals surface area (Å²) in [6.45, 7) is 3.09. The van der Waals surface area contributed by atoms with E-state index in [0.717, 1.165) is 16.2 Å². The fraction of sp³-hybridized carbons (Fsp3) is 0.500. The SMILES string of the molecule is CCOC(=S)SC(CC(F)C(F)(F)F)CN(C(C)=O)c1ccc(Br)cc1. The highest BCUT2D eigenvalue weighted by molar-refractivity contribution is 9.10. The Morgan fingerprint density at radius 1 is 1.35 bits per heavy atom. The van der Waals surface area contributed by atoms with E-state index in [1.165, 1.54) is 11.8 Å². The van der Waals surface area contributed by atoms with Gasteiger partial charge >= 0.3 is 6.18 Å². The number of carbonyl (C=O) groups is 1. The van der Waals surface area contributed by atoms with E-state index in [4.69, 9.17) is 17.0 Å². The molecule has 0 bridgehead atoms. The van der Waals surface area contributed by atoms with E-state index >= 15 is 0 Å². The molecule has 0 fully saturated rings. The van der Waals surface area contributed by atoms with Crippen molar-refractivity contribution >= 4 is 55.9 Å². The Balaban J connectivity index is 3.00. The van der Waals surface area contributed by atoms with Crippen molar-refractivity contribution in [3.63, 3.8) is 0 Å². The molecule has 1 amide bonds. The van der Waals surface area contributed by atoms with Gasteiger partial charge < -0.3 is 9.64 Å². The highest BCUT2D eigenvalue weighted by Crippen LogP contribution is 2.31. The minimum Gasteiger partial charge on any atom is -0.479 e. The van der Waals surface area contributed by atoms with Gasteiger partial charge in [-0.25, -0.2) is 4.39 Å². The van der Waals surface area contributed by atoms with E-state index in [0.29, 0.717) is 5.69 Å². The third-order valence-electron chi connectivity index (χ3n) is 3.25. The van der Waals surface area contributed by atoms with E-state index in [2.05, 4.69) is 15.9 Å². The number of ether oxygens (including phenoxy) is 1. The zero-order valence-corrected chi connectivity index (χ0v) is 17.3. The first-order chi connectivity index (χ1) is 12.0. The van der Waals surface area contributed by atoms with Crippen LogP contribution in [0.5, 0.6) is 0 Å². The van der Waals surface area contributed by atoms with Crippen molar-refractivity contribution in [2.75, 3.05) is 18.1 Å². The van der Waals surface area contributed by atoms with Gasteiger partial charge in [0.05, 0.1) is 6.61 Å². The highest BCUT2D eigenvalue weighted by atomic mass is 79.9. The van der Waals surface area contributed by atoms with Crippen molar-refractivity contribution in [3.8, 4) is 0 Å². The largest absolute Gasteiger partial charge is 0.479 e. The van der Waals surface area contributed by atoms with E-state index in [1.807, 2.05) is 0 Å². The molecule has 0 aliphatic rings. The number of thiocarbonyl (C=S) groups is 1. The first-order valence-corrected chi connectivity index (χ1v) is 9.70. The van der Waals surface area contributed by atoms with Crippen LogP contribution < -0.4 is 4.90 Å². The van der Waals surface area contributed by atoms with Crippen LogP contribution in [0.25, 0.3) is 0 Å². The number of rotatable bonds is 7. The Morgan fingerprint density at radius 3 is 2.38 bits per heavy atom. The molecular weight excluding hydrogens is 458 g/mol. The van der Waals surface area contributed by atoms with Gasteiger partial charge in [0.1, 0.15) is 0 Å². The fourth-order valence-corrected chi connectivity index (χ4v) is 3.79. The van der Waals surface area contributed by atoms with Gasteiger partial charge in [0.2, 0.25) is 10.3 Å². The summed E-state index contributed by atoms with van der Waals surface area (Å²) in [7, 11) is 0. The van der Waals surface area contributed by atoms with E-state index in [-0.39, 0.29) is 23.4 Å². The monoisotopic (exact) mass is 475 g/mol. The van der Waals surface area contributed by atoms with Crippen molar-refractivity contribution in [2.45, 2.75) is 37.9 Å². The number of benzene rings is 1. The van der Waals surface area contributed by atoms with Gasteiger partial charge in [-0.15, -0.1) is 0 Å². The van der Waals surface area contributed by atoms with Crippen LogP contribution in [0.2, 0.25) is 0 Å². The number of alkyl halides is 4. The van der Waals surface area contributed by atoms with Crippen molar-refractivity contribution in [1.82, 2.24) is 0 Å². The van der Waals surface area contributed by atoms with Crippen LogP contribution in [0.15, 0.2) is 28.7 Å². The summed E-state index contributed by atoms with van der Waals surface area (Å²) in [5.74, 6) is -0.373. The minimum atomic E-state index is -4.97. The Hall–Kier alpha value is -0.870. The summed E-state index contributed by atoms with van der Waals surface area (Å²) >= 11 is 9.05. The number of amides is 1. The van der Waals surface area contributed by atoms with Crippen LogP contribution in [-0.4, -0.2) is 41.0 Å². The Kier molecular flexibility index (Phi) is 9.32. The molecule has 1 rings (SSSR count). The molecule has 0 spiro atoms. The molecule has 0 heterocycles. The second kappa shape index (κ2) is 10.5. The van der Waals surface area contributed by atoms with Gasteiger partial charge in [0.15, 0.2) is 6.17 Å². The summed E-state index contributed by atoms with van der Waals surface area (Å²) in [5.41, 5.74) is 0.496. The Morgan fingerprint density at radius 2 is 1.92 bits per heavy atom. The second-order valence-electron chi connectivity index (χ2n) is 5.27. The zero-order valence-electron chi connectivity index (χ0n) is 14.1. The predicted octanol–water partition coefficient (Wildman–Crippen LogP) is 5.52. The molecule has 2 atom stereocenters. The van der Waals surface area contributed by atoms with E-state index in [9.17, 15) is 22.4 Å². The summed E-state index contributed by atoms with van der Waals surface area (Å²) < 4.78 is 57.3. The van der Waals surface area contributed by atoms with Crippen molar-refractivity contribution in [1.29, 1.82) is 0 Å². The van der Waals surface area contributed by atoms with Crippen LogP contribution >= 0.6 is 39.9 Å². The minimum absolute atomic E-state index is 0.0196. The smallest absolute Gasteiger partial charge is 0.419 e. The number of nitrogens with zero attached hydrogens (tertiary/aromatic N) is 1. The molecule has 1 aromatic carbocycles. The van der Waals surface area contributed by atoms with Crippen LogP contribution in [0.1, 0.15) is 20.3 Å². The van der Waals surface area contributed by atoms with Gasteiger partial charge in [-0.2, -0.15) is 13.2 Å². The number of thioether (sulfide) groups is 1. The van der Waals surface area contributed by atoms with Crippen molar-refractivity contribution in [2.24, 2.45) is 0 Å². The molecule has 10 heteroatoms. The molecule has 0 N–H and O–H groups in total. The molecule has 2 unspecified atom stereocenters. The van der Waals surface area contributed by atoms with Crippen molar-refractivity contribution in [3.05, 3.63) is 28.7 Å². The summed E-state index contributed by atoms with van der Waals surface area (Å²) in [6.07, 6.45) is -8.81. The maximum atomic E-state index is 13.6. The number of carbonyl (C=O) groups excluding carboxylic acids is 1. The number of hydrogen-bond donors (Lipinski definition) is 0. The topological polar surface area (TPSA) is 29.5 Å². The van der Waals surface area contributed by atoms with Gasteiger partial charge in [0, 0.05) is 35.3 Å². The molecule has 0 radical (unpaired) electrons. The number of halogens is 5. The fourth-order valence-electron chi connectivity index (χ4n) is 2.05. The third-order valence-corrected chi connectivity index (χ3v) is 5.18. The molecule has 26 heavy (non-hydrogen) atoms. The standard InChI is InChI=1S/C16H18BrF4NO2S2/c1-3-24-15(25)26-13(8-14(18)16(19,20)21)9-22(10(2)23)12-6-4-11(17)5-7-12/h4-7,13-14H,3,8-9H2,1-2H3. The third kappa shape index (κ3) is 7.79. The molecule has 3 nitrogen and oxygen atoms in total. The molecule has 1 aromatic rings. The average molecular weight is 476 g/mol. The molecule has 0 saturated carbocycles. The first-order valence-electron chi connectivity index (χ1n) is 7.62. The molecular formula is C16H18BrF4NO2S2. The number of hydrogen-bond acceptors (Lipinski definition) is 4. The highest BCUT2D eigenvalue weighted by Gasteiger charge is 2.42. The van der Waals surface area contributed by atoms with Gasteiger partial charge in [-0.1, -0.05) is 27.7 Å². The van der Waals surface area contributed by atoms with Gasteiger partial charge in [-0.05, 0) is 43.4 Å². The van der Waals surface area contributed by atoms with E-state index in [1.54, 1.807) is 31.2 Å². The zero-order chi connectivity index (χ0) is 19.9. The Labute approximate surface area is 167 Å². The molecule has 0 saturated heterocycles. The maximum absolute atomic E-state index is 13.6. The number of anilines is 1. The summed E-state index contributed by atoms with van der Waals surface area (Å²) in [6, 6.07) is 6.69. The first kappa shape index (κ1) is 23.2. The van der Waals surface area contributed by atoms with Crippen LogP contribution in [0.3, 0.4) is 0 Å². The second-order valence-corrected chi connectivity index (χ2v) is 8.09. The lowest BCUT2D eigenvalue weighted by molar-refractivity contribution is -0.181. The molecule has 0 aliphatic carbocycles. The maximum Gasteiger partial charge on any atom is 0.419 e. The van der Waals surface area contributed by atoms with Crippen LogP contribution in [0.4, 0.5) is 23.2 Å². The van der Waals surface area contributed by atoms with Crippen molar-refractivity contribution < 1.29 is 27.1 Å². The molecule has 0 aliphatic heterocycles. The van der Waals surface area contributed by atoms with Gasteiger partial charge in [-0.3, -0.25) is 4.79 Å². The lowest BCUT2D eigenvalue weighted by atomic mass is 10.1. The predicted molar refractivity (Wildman–Crippen MR) is 103 cm³/mol.